The molecule has 3 rings (SSSR count). The molecule has 31 heavy (non-hydrogen) atoms. The van der Waals surface area contributed by atoms with E-state index in [0.29, 0.717) is 23.2 Å². The molecule has 1 N–H and O–H groups in total. The highest BCUT2D eigenvalue weighted by Crippen LogP contribution is 2.30. The van der Waals surface area contributed by atoms with Crippen LogP contribution in [0.25, 0.3) is 11.3 Å². The van der Waals surface area contributed by atoms with Gasteiger partial charge in [-0.05, 0) is 53.9 Å². The van der Waals surface area contributed by atoms with Crippen molar-refractivity contribution in [3.63, 3.8) is 0 Å². The van der Waals surface area contributed by atoms with Crippen LogP contribution < -0.4 is 0 Å². The van der Waals surface area contributed by atoms with Gasteiger partial charge in [-0.25, -0.2) is 21.6 Å². The highest BCUT2D eigenvalue weighted by atomic mass is 32.2. The van der Waals surface area contributed by atoms with Crippen LogP contribution in [0, 0.1) is 0 Å². The molecule has 0 bridgehead atoms. The average molecular weight is 460 g/mol. The fourth-order valence-electron chi connectivity index (χ4n) is 3.24. The number of aryl methyl sites for hydroxylation is 1. The van der Waals surface area contributed by atoms with Crippen molar-refractivity contribution >= 4 is 25.6 Å². The molecule has 2 aromatic carbocycles. The minimum Gasteiger partial charge on any atom is -0.478 e. The fraction of sp³-hybridized carbons (Fsp3) is 0.182. The molecule has 0 aliphatic rings. The summed E-state index contributed by atoms with van der Waals surface area (Å²) in [6.45, 7) is 1.78. The summed E-state index contributed by atoms with van der Waals surface area (Å²) in [5.74, 6) is -1.73. The maximum atomic E-state index is 13.3. The molecule has 7 nitrogen and oxygen atoms in total. The first-order valence-electron chi connectivity index (χ1n) is 9.36. The van der Waals surface area contributed by atoms with Crippen molar-refractivity contribution in [1.82, 2.24) is 4.98 Å². The molecule has 0 unspecified atom stereocenters. The summed E-state index contributed by atoms with van der Waals surface area (Å²) in [5, 5.41) is 9.28. The number of aromatic nitrogens is 1. The number of nitrogens with zero attached hydrogens (tertiary/aromatic N) is 1. The van der Waals surface area contributed by atoms with E-state index in [-0.39, 0.29) is 20.9 Å². The molecule has 0 aliphatic heterocycles. The minimum atomic E-state index is -3.99. The summed E-state index contributed by atoms with van der Waals surface area (Å²) >= 11 is 0. The van der Waals surface area contributed by atoms with Gasteiger partial charge in [0.1, 0.15) is 0 Å². The molecule has 1 aromatic heterocycles. The van der Waals surface area contributed by atoms with E-state index in [1.54, 1.807) is 31.3 Å². The highest BCUT2D eigenvalue weighted by molar-refractivity contribution is 7.91. The van der Waals surface area contributed by atoms with Crippen molar-refractivity contribution in [2.45, 2.75) is 28.9 Å². The number of hydrogen-bond acceptors (Lipinski definition) is 6. The van der Waals surface area contributed by atoms with Crippen molar-refractivity contribution < 1.29 is 26.7 Å². The van der Waals surface area contributed by atoms with Crippen molar-refractivity contribution in [2.24, 2.45) is 0 Å². The average Bonchev–Trinajstić information content (AvgIpc) is 2.73. The van der Waals surface area contributed by atoms with Crippen molar-refractivity contribution in [2.75, 3.05) is 6.26 Å². The SMILES string of the molecule is CCc1ccc(C(=O)O)cc1S(=O)(=O)Cc1cc(S(C)(=O)=O)ccc1-c1ccccn1. The highest BCUT2D eigenvalue weighted by Gasteiger charge is 2.24. The van der Waals surface area contributed by atoms with Gasteiger partial charge in [-0.3, -0.25) is 4.98 Å². The van der Waals surface area contributed by atoms with E-state index in [2.05, 4.69) is 4.98 Å². The monoisotopic (exact) mass is 459 g/mol. The Morgan fingerprint density at radius 1 is 0.968 bits per heavy atom. The van der Waals surface area contributed by atoms with Crippen molar-refractivity contribution in [3.05, 3.63) is 77.5 Å². The Balaban J connectivity index is 2.19. The molecule has 0 radical (unpaired) electrons. The van der Waals surface area contributed by atoms with Crippen LogP contribution in [0.4, 0.5) is 0 Å². The molecule has 0 saturated heterocycles. The van der Waals surface area contributed by atoms with Crippen LogP contribution in [0.3, 0.4) is 0 Å². The zero-order chi connectivity index (χ0) is 22.8. The molecule has 0 fully saturated rings. The smallest absolute Gasteiger partial charge is 0.335 e. The van der Waals surface area contributed by atoms with Gasteiger partial charge in [0.25, 0.3) is 0 Å². The summed E-state index contributed by atoms with van der Waals surface area (Å²) in [6, 6.07) is 13.5. The molecule has 3 aromatic rings. The maximum Gasteiger partial charge on any atom is 0.335 e. The molecule has 0 amide bonds. The number of hydrogen-bond donors (Lipinski definition) is 1. The second-order valence-electron chi connectivity index (χ2n) is 7.05. The predicted octanol–water partition coefficient (Wildman–Crippen LogP) is 3.39. The molecular formula is C22H21NO6S2. The number of carboxylic acids is 1. The number of aromatic carboxylic acids is 1. The Morgan fingerprint density at radius 3 is 2.29 bits per heavy atom. The number of carboxylic acid groups (broad SMARTS) is 1. The Morgan fingerprint density at radius 2 is 1.71 bits per heavy atom. The van der Waals surface area contributed by atoms with Gasteiger partial charge < -0.3 is 5.11 Å². The summed E-state index contributed by atoms with van der Waals surface area (Å²) in [4.78, 5) is 15.5. The van der Waals surface area contributed by atoms with E-state index in [9.17, 15) is 26.7 Å². The summed E-state index contributed by atoms with van der Waals surface area (Å²) < 4.78 is 50.8. The maximum absolute atomic E-state index is 13.3. The fourth-order valence-corrected chi connectivity index (χ4v) is 5.64. The predicted molar refractivity (Wildman–Crippen MR) is 116 cm³/mol. The van der Waals surface area contributed by atoms with Gasteiger partial charge >= 0.3 is 5.97 Å². The Hall–Kier alpha value is -3.04. The van der Waals surface area contributed by atoms with Gasteiger partial charge in [-0.2, -0.15) is 0 Å². The Bertz CT molecular complexity index is 1350. The van der Waals surface area contributed by atoms with Crippen LogP contribution in [0.2, 0.25) is 0 Å². The van der Waals surface area contributed by atoms with Gasteiger partial charge in [-0.1, -0.05) is 25.1 Å². The molecule has 162 valence electrons. The quantitative estimate of drug-likeness (QED) is 0.575. The Labute approximate surface area is 181 Å². The molecule has 0 atom stereocenters. The standard InChI is InChI=1S/C22H21NO6S2/c1-3-15-7-8-16(22(24)25)13-21(15)31(28,29)14-17-12-18(30(2,26)27)9-10-19(17)20-6-4-5-11-23-20/h4-13H,3,14H2,1-2H3,(H,24,25). The van der Waals surface area contributed by atoms with Crippen LogP contribution in [0.15, 0.2) is 70.6 Å². The van der Waals surface area contributed by atoms with Gasteiger partial charge in [0, 0.05) is 18.0 Å². The zero-order valence-electron chi connectivity index (χ0n) is 16.9. The molecule has 0 saturated carbocycles. The van der Waals surface area contributed by atoms with E-state index >= 15 is 0 Å². The topological polar surface area (TPSA) is 118 Å². The number of carbonyl (C=O) groups is 1. The first-order chi connectivity index (χ1) is 14.5. The van der Waals surface area contributed by atoms with Gasteiger partial charge in [-0.15, -0.1) is 0 Å². The van der Waals surface area contributed by atoms with Crippen LogP contribution >= 0.6 is 0 Å². The molecule has 1 heterocycles. The largest absolute Gasteiger partial charge is 0.478 e. The molecular weight excluding hydrogens is 438 g/mol. The lowest BCUT2D eigenvalue weighted by atomic mass is 10.1. The van der Waals surface area contributed by atoms with E-state index in [4.69, 9.17) is 0 Å². The normalized spacial score (nSPS) is 11.9. The van der Waals surface area contributed by atoms with E-state index in [1.807, 2.05) is 0 Å². The summed E-state index contributed by atoms with van der Waals surface area (Å²) in [6.07, 6.45) is 3.00. The van der Waals surface area contributed by atoms with Crippen molar-refractivity contribution in [3.8, 4) is 11.3 Å². The number of rotatable bonds is 7. The third-order valence-electron chi connectivity index (χ3n) is 4.82. The second kappa shape index (κ2) is 8.60. The third-order valence-corrected chi connectivity index (χ3v) is 7.67. The lowest BCUT2D eigenvalue weighted by Crippen LogP contribution is -2.11. The van der Waals surface area contributed by atoms with E-state index < -0.39 is 31.4 Å². The van der Waals surface area contributed by atoms with Crippen molar-refractivity contribution in [1.29, 1.82) is 0 Å². The summed E-state index contributed by atoms with van der Waals surface area (Å²) in [7, 11) is -7.56. The van der Waals surface area contributed by atoms with Crippen LogP contribution in [0.1, 0.15) is 28.4 Å². The minimum absolute atomic E-state index is 0.00705. The molecule has 0 aliphatic carbocycles. The molecule has 0 spiro atoms. The van der Waals surface area contributed by atoms with Crippen LogP contribution in [0.5, 0.6) is 0 Å². The lowest BCUT2D eigenvalue weighted by Gasteiger charge is -2.14. The lowest BCUT2D eigenvalue weighted by molar-refractivity contribution is 0.0696. The van der Waals surface area contributed by atoms with Gasteiger partial charge in [0.05, 0.1) is 26.8 Å². The first kappa shape index (κ1) is 22.6. The Kier molecular flexibility index (Phi) is 6.28. The van der Waals surface area contributed by atoms with E-state index in [0.717, 1.165) is 12.3 Å². The summed E-state index contributed by atoms with van der Waals surface area (Å²) in [5.41, 5.74) is 1.62. The van der Waals surface area contributed by atoms with Crippen LogP contribution in [-0.2, 0) is 31.8 Å². The van der Waals surface area contributed by atoms with Crippen LogP contribution in [-0.4, -0.2) is 39.2 Å². The third kappa shape index (κ3) is 5.00. The van der Waals surface area contributed by atoms with Gasteiger partial charge in [0.15, 0.2) is 19.7 Å². The first-order valence-corrected chi connectivity index (χ1v) is 12.9. The zero-order valence-corrected chi connectivity index (χ0v) is 18.6. The number of pyridine rings is 1. The van der Waals surface area contributed by atoms with E-state index in [1.165, 1.54) is 30.3 Å². The number of sulfone groups is 2. The number of benzene rings is 2. The second-order valence-corrected chi connectivity index (χ2v) is 11.0. The molecule has 9 heteroatoms. The van der Waals surface area contributed by atoms with Gasteiger partial charge in [0.2, 0.25) is 0 Å².